The van der Waals surface area contributed by atoms with Crippen molar-refractivity contribution in [2.75, 3.05) is 0 Å². The summed E-state index contributed by atoms with van der Waals surface area (Å²) in [6.45, 7) is 0. The lowest BCUT2D eigenvalue weighted by Gasteiger charge is -2.07. The highest BCUT2D eigenvalue weighted by Crippen LogP contribution is 2.36. The maximum Gasteiger partial charge on any atom is 0.416 e. The number of rotatable bonds is 3. The van der Waals surface area contributed by atoms with Crippen molar-refractivity contribution in [3.05, 3.63) is 68.0 Å². The lowest BCUT2D eigenvalue weighted by molar-refractivity contribution is -0.382. The summed E-state index contributed by atoms with van der Waals surface area (Å²) in [5.74, 6) is -1.31. The first kappa shape index (κ1) is 19.1. The predicted octanol–water partition coefficient (Wildman–Crippen LogP) is 3.70. The molecule has 2 aromatic carbocycles. The summed E-state index contributed by atoms with van der Waals surface area (Å²) in [6, 6.07) is 6.08. The summed E-state index contributed by atoms with van der Waals surface area (Å²) in [6.07, 6.45) is -4.65. The van der Waals surface area contributed by atoms with E-state index in [-0.39, 0.29) is 33.2 Å². The van der Waals surface area contributed by atoms with E-state index in [1.807, 2.05) is 0 Å². The van der Waals surface area contributed by atoms with Gasteiger partial charge in [-0.2, -0.15) is 13.2 Å². The molecule has 0 bridgehead atoms. The molecule has 0 aliphatic carbocycles. The standard InChI is InChI=1S/C18H9F3N4O5/c19-18(20,21)8-2-4-11-12(6-8)23-14(16(26)24-11)13-15(25(29)30)9-5-7(17(27)28)1-3-10(9)22-13/h1-6,22H,(H,24,26)(H,27,28). The van der Waals surface area contributed by atoms with Gasteiger partial charge in [0.05, 0.1) is 38.0 Å². The monoisotopic (exact) mass is 418 g/mol. The lowest BCUT2D eigenvalue weighted by Crippen LogP contribution is -2.13. The SMILES string of the molecule is O=C(O)c1ccc2[nH]c(-c3nc4cc(C(F)(F)F)ccc4[nH]c3=O)c([N+](=O)[O-])c2c1. The number of nitro groups is 1. The Morgan fingerprint density at radius 1 is 1.10 bits per heavy atom. The van der Waals surface area contributed by atoms with Crippen molar-refractivity contribution in [1.29, 1.82) is 0 Å². The molecule has 12 heteroatoms. The molecule has 0 spiro atoms. The third-order valence-corrected chi connectivity index (χ3v) is 4.46. The number of H-pyrrole nitrogens is 2. The molecular formula is C18H9F3N4O5. The number of aromatic amines is 2. The molecule has 152 valence electrons. The van der Waals surface area contributed by atoms with Crippen molar-refractivity contribution in [3.8, 4) is 11.4 Å². The van der Waals surface area contributed by atoms with Gasteiger partial charge in [0.2, 0.25) is 0 Å². The van der Waals surface area contributed by atoms with Gasteiger partial charge < -0.3 is 15.1 Å². The van der Waals surface area contributed by atoms with Gasteiger partial charge in [-0.1, -0.05) is 0 Å². The van der Waals surface area contributed by atoms with Crippen LogP contribution in [0.25, 0.3) is 33.3 Å². The van der Waals surface area contributed by atoms with E-state index in [0.717, 1.165) is 18.2 Å². The highest BCUT2D eigenvalue weighted by Gasteiger charge is 2.31. The summed E-state index contributed by atoms with van der Waals surface area (Å²) >= 11 is 0. The van der Waals surface area contributed by atoms with Crippen molar-refractivity contribution in [2.45, 2.75) is 6.18 Å². The van der Waals surface area contributed by atoms with Gasteiger partial charge in [0.1, 0.15) is 5.69 Å². The number of hydrogen-bond donors (Lipinski definition) is 3. The second-order valence-electron chi connectivity index (χ2n) is 6.32. The van der Waals surface area contributed by atoms with Crippen LogP contribution in [-0.4, -0.2) is 31.0 Å². The molecule has 3 N–H and O–H groups in total. The maximum atomic E-state index is 13.0. The van der Waals surface area contributed by atoms with Crippen LogP contribution in [0, 0.1) is 10.1 Å². The van der Waals surface area contributed by atoms with Crippen molar-refractivity contribution >= 4 is 33.6 Å². The number of aromatic nitrogens is 3. The fourth-order valence-electron chi connectivity index (χ4n) is 3.10. The van der Waals surface area contributed by atoms with E-state index < -0.39 is 39.6 Å². The zero-order valence-electron chi connectivity index (χ0n) is 14.6. The molecule has 4 rings (SSSR count). The zero-order valence-corrected chi connectivity index (χ0v) is 14.6. The molecule has 0 unspecified atom stereocenters. The minimum Gasteiger partial charge on any atom is -0.478 e. The van der Waals surface area contributed by atoms with Gasteiger partial charge in [0.25, 0.3) is 5.56 Å². The van der Waals surface area contributed by atoms with E-state index in [0.29, 0.717) is 6.07 Å². The van der Waals surface area contributed by atoms with E-state index in [4.69, 9.17) is 5.11 Å². The fourth-order valence-corrected chi connectivity index (χ4v) is 3.10. The van der Waals surface area contributed by atoms with Crippen LogP contribution < -0.4 is 5.56 Å². The van der Waals surface area contributed by atoms with Gasteiger partial charge in [-0.25, -0.2) is 9.78 Å². The number of carboxylic acids is 1. The van der Waals surface area contributed by atoms with Gasteiger partial charge in [-0.3, -0.25) is 14.9 Å². The minimum atomic E-state index is -4.65. The van der Waals surface area contributed by atoms with Crippen molar-refractivity contribution < 1.29 is 28.0 Å². The third kappa shape index (κ3) is 3.03. The molecule has 0 amide bonds. The number of halogens is 3. The third-order valence-electron chi connectivity index (χ3n) is 4.46. The number of nitrogens with one attached hydrogen (secondary N) is 2. The number of hydrogen-bond acceptors (Lipinski definition) is 5. The summed E-state index contributed by atoms with van der Waals surface area (Å²) in [7, 11) is 0. The molecule has 0 saturated heterocycles. The first-order chi connectivity index (χ1) is 14.1. The molecule has 0 atom stereocenters. The van der Waals surface area contributed by atoms with Gasteiger partial charge in [0, 0.05) is 0 Å². The number of nitrogens with zero attached hydrogens (tertiary/aromatic N) is 2. The van der Waals surface area contributed by atoms with Crippen LogP contribution >= 0.6 is 0 Å². The van der Waals surface area contributed by atoms with Gasteiger partial charge in [-0.05, 0) is 36.4 Å². The minimum absolute atomic E-state index is 0.0173. The Labute approximate surface area is 162 Å². The first-order valence-electron chi connectivity index (χ1n) is 8.21. The number of benzene rings is 2. The Bertz CT molecular complexity index is 1420. The highest BCUT2D eigenvalue weighted by atomic mass is 19.4. The van der Waals surface area contributed by atoms with E-state index in [2.05, 4.69) is 15.0 Å². The average Bonchev–Trinajstić information content (AvgIpc) is 3.04. The molecular weight excluding hydrogens is 409 g/mol. The van der Waals surface area contributed by atoms with E-state index in [9.17, 15) is 32.9 Å². The molecule has 0 radical (unpaired) electrons. The Morgan fingerprint density at radius 2 is 1.80 bits per heavy atom. The fraction of sp³-hybridized carbons (Fsp3) is 0.0556. The number of fused-ring (bicyclic) bond motifs is 2. The average molecular weight is 418 g/mol. The molecule has 0 fully saturated rings. The molecule has 9 nitrogen and oxygen atoms in total. The predicted molar refractivity (Wildman–Crippen MR) is 98.3 cm³/mol. The van der Waals surface area contributed by atoms with Gasteiger partial charge >= 0.3 is 17.8 Å². The second-order valence-corrected chi connectivity index (χ2v) is 6.32. The first-order valence-corrected chi connectivity index (χ1v) is 8.21. The molecule has 0 aliphatic heterocycles. The van der Waals surface area contributed by atoms with Crippen LogP contribution in [0.2, 0.25) is 0 Å². The highest BCUT2D eigenvalue weighted by molar-refractivity contribution is 6.01. The zero-order chi connectivity index (χ0) is 21.8. The van der Waals surface area contributed by atoms with Crippen LogP contribution in [0.4, 0.5) is 18.9 Å². The van der Waals surface area contributed by atoms with Crippen molar-refractivity contribution in [2.24, 2.45) is 0 Å². The molecule has 2 heterocycles. The molecule has 0 aliphatic rings. The largest absolute Gasteiger partial charge is 0.478 e. The van der Waals surface area contributed by atoms with E-state index in [1.54, 1.807) is 0 Å². The molecule has 2 aromatic heterocycles. The normalized spacial score (nSPS) is 11.8. The molecule has 4 aromatic rings. The number of alkyl halides is 3. The van der Waals surface area contributed by atoms with Crippen molar-refractivity contribution in [3.63, 3.8) is 0 Å². The number of aromatic carboxylic acids is 1. The van der Waals surface area contributed by atoms with Crippen LogP contribution in [-0.2, 0) is 6.18 Å². The Balaban J connectivity index is 2.02. The lowest BCUT2D eigenvalue weighted by atomic mass is 10.1. The van der Waals surface area contributed by atoms with Crippen LogP contribution in [0.15, 0.2) is 41.2 Å². The molecule has 0 saturated carbocycles. The Hall–Kier alpha value is -4.22. The van der Waals surface area contributed by atoms with Crippen LogP contribution in [0.5, 0.6) is 0 Å². The van der Waals surface area contributed by atoms with E-state index >= 15 is 0 Å². The van der Waals surface area contributed by atoms with E-state index in [1.165, 1.54) is 12.1 Å². The van der Waals surface area contributed by atoms with Crippen molar-refractivity contribution in [1.82, 2.24) is 15.0 Å². The second kappa shape index (κ2) is 6.40. The quantitative estimate of drug-likeness (QED) is 0.342. The van der Waals surface area contributed by atoms with Crippen LogP contribution in [0.3, 0.4) is 0 Å². The number of carbonyl (C=O) groups is 1. The molecule has 30 heavy (non-hydrogen) atoms. The summed E-state index contributed by atoms with van der Waals surface area (Å²) < 4.78 is 39.0. The smallest absolute Gasteiger partial charge is 0.416 e. The number of carboxylic acid groups (broad SMARTS) is 1. The summed E-state index contributed by atoms with van der Waals surface area (Å²) in [5.41, 5.74) is -3.59. The topological polar surface area (TPSA) is 142 Å². The van der Waals surface area contributed by atoms with Gasteiger partial charge in [0.15, 0.2) is 5.69 Å². The Kier molecular flexibility index (Phi) is 4.08. The maximum absolute atomic E-state index is 13.0. The Morgan fingerprint density at radius 3 is 2.43 bits per heavy atom. The summed E-state index contributed by atoms with van der Waals surface area (Å²) in [4.78, 5) is 43.4. The summed E-state index contributed by atoms with van der Waals surface area (Å²) in [5, 5.41) is 20.7. The van der Waals surface area contributed by atoms with Gasteiger partial charge in [-0.15, -0.1) is 0 Å². The van der Waals surface area contributed by atoms with Crippen LogP contribution in [0.1, 0.15) is 15.9 Å².